The van der Waals surface area contributed by atoms with Crippen LogP contribution in [0.1, 0.15) is 19.8 Å². The quantitative estimate of drug-likeness (QED) is 0.879. The zero-order valence-corrected chi connectivity index (χ0v) is 11.3. The van der Waals surface area contributed by atoms with Crippen molar-refractivity contribution in [1.82, 2.24) is 0 Å². The van der Waals surface area contributed by atoms with Gasteiger partial charge in [-0.1, -0.05) is 6.92 Å². The number of rotatable bonds is 5. The molecule has 1 aromatic rings. The van der Waals surface area contributed by atoms with Gasteiger partial charge in [0.05, 0.1) is 4.47 Å². The molecular weight excluding hydrogens is 287 g/mol. The number of benzene rings is 1. The molecule has 0 bridgehead atoms. The molecule has 3 N–H and O–H groups in total. The summed E-state index contributed by atoms with van der Waals surface area (Å²) >= 11 is 3.06. The minimum absolute atomic E-state index is 0.111. The summed E-state index contributed by atoms with van der Waals surface area (Å²) in [6.07, 6.45) is 1.55. The van der Waals surface area contributed by atoms with Gasteiger partial charge in [0.2, 0.25) is 5.91 Å². The fourth-order valence-corrected chi connectivity index (χ4v) is 1.64. The van der Waals surface area contributed by atoms with Gasteiger partial charge in [-0.15, -0.1) is 0 Å². The van der Waals surface area contributed by atoms with Crippen molar-refractivity contribution < 1.29 is 9.18 Å². The summed E-state index contributed by atoms with van der Waals surface area (Å²) in [5.74, 6) is -0.622. The van der Waals surface area contributed by atoms with E-state index in [2.05, 4.69) is 21.2 Å². The average Bonchev–Trinajstić information content (AvgIpc) is 2.30. The lowest BCUT2D eigenvalue weighted by atomic mass is 10.0. The zero-order chi connectivity index (χ0) is 12.8. The number of halogens is 2. The second-order valence-electron chi connectivity index (χ2n) is 3.95. The Hall–Kier alpha value is -0.940. The van der Waals surface area contributed by atoms with E-state index in [4.69, 9.17) is 5.73 Å². The highest BCUT2D eigenvalue weighted by molar-refractivity contribution is 9.10. The van der Waals surface area contributed by atoms with Gasteiger partial charge in [0.1, 0.15) is 5.82 Å². The van der Waals surface area contributed by atoms with Crippen LogP contribution < -0.4 is 11.1 Å². The summed E-state index contributed by atoms with van der Waals surface area (Å²) in [5.41, 5.74) is 5.85. The van der Waals surface area contributed by atoms with Crippen LogP contribution in [0.5, 0.6) is 0 Å². The molecule has 0 heterocycles. The summed E-state index contributed by atoms with van der Waals surface area (Å²) in [4.78, 5) is 11.7. The molecule has 0 fully saturated rings. The fraction of sp³-hybridized carbons (Fsp3) is 0.417. The lowest BCUT2D eigenvalue weighted by molar-refractivity contribution is -0.119. The van der Waals surface area contributed by atoms with E-state index in [-0.39, 0.29) is 11.8 Å². The van der Waals surface area contributed by atoms with Crippen LogP contribution in [0, 0.1) is 11.7 Å². The summed E-state index contributed by atoms with van der Waals surface area (Å²) in [7, 11) is 0. The normalized spacial score (nSPS) is 12.2. The van der Waals surface area contributed by atoms with E-state index in [1.165, 1.54) is 6.07 Å². The maximum Gasteiger partial charge on any atom is 0.227 e. The first kappa shape index (κ1) is 14.1. The van der Waals surface area contributed by atoms with Crippen LogP contribution in [0.2, 0.25) is 0 Å². The molecule has 1 unspecified atom stereocenters. The van der Waals surface area contributed by atoms with Gasteiger partial charge in [0, 0.05) is 11.6 Å². The lowest BCUT2D eigenvalue weighted by Crippen LogP contribution is -2.21. The summed E-state index contributed by atoms with van der Waals surface area (Å²) in [6.45, 7) is 2.41. The van der Waals surface area contributed by atoms with E-state index >= 15 is 0 Å². The Bertz CT molecular complexity index is 398. The molecule has 3 nitrogen and oxygen atoms in total. The van der Waals surface area contributed by atoms with Gasteiger partial charge in [-0.2, -0.15) is 0 Å². The molecule has 0 aliphatic rings. The molecule has 0 aliphatic carbocycles. The predicted molar refractivity (Wildman–Crippen MR) is 70.2 cm³/mol. The van der Waals surface area contributed by atoms with Gasteiger partial charge in [-0.05, 0) is 53.5 Å². The summed E-state index contributed by atoms with van der Waals surface area (Å²) in [5, 5.41) is 2.68. The number of amides is 1. The molecule has 0 saturated heterocycles. The summed E-state index contributed by atoms with van der Waals surface area (Å²) in [6, 6.07) is 4.51. The first-order valence-corrected chi connectivity index (χ1v) is 6.30. The first-order valence-electron chi connectivity index (χ1n) is 5.50. The van der Waals surface area contributed by atoms with Gasteiger partial charge in [-0.25, -0.2) is 4.39 Å². The van der Waals surface area contributed by atoms with Crippen molar-refractivity contribution >= 4 is 27.5 Å². The third-order valence-corrected chi connectivity index (χ3v) is 3.12. The third-order valence-electron chi connectivity index (χ3n) is 2.48. The molecule has 94 valence electrons. The van der Waals surface area contributed by atoms with Crippen molar-refractivity contribution in [3.05, 3.63) is 28.5 Å². The molecule has 0 aliphatic heterocycles. The third kappa shape index (κ3) is 4.44. The van der Waals surface area contributed by atoms with Crippen LogP contribution in [-0.4, -0.2) is 12.5 Å². The van der Waals surface area contributed by atoms with Crippen LogP contribution in [0.3, 0.4) is 0 Å². The minimum atomic E-state index is -0.391. The van der Waals surface area contributed by atoms with Crippen molar-refractivity contribution in [2.24, 2.45) is 11.7 Å². The van der Waals surface area contributed by atoms with E-state index in [0.717, 1.165) is 12.8 Å². The van der Waals surface area contributed by atoms with Crippen LogP contribution >= 0.6 is 15.9 Å². The smallest absolute Gasteiger partial charge is 0.227 e. The molecule has 1 amide bonds. The van der Waals surface area contributed by atoms with E-state index in [0.29, 0.717) is 16.7 Å². The SMILES string of the molecule is CC(CCCN)C(=O)Nc1ccc(Br)c(F)c1. The van der Waals surface area contributed by atoms with Gasteiger partial charge in [0.25, 0.3) is 0 Å². The number of nitrogens with one attached hydrogen (secondary N) is 1. The number of anilines is 1. The molecule has 0 aromatic heterocycles. The van der Waals surface area contributed by atoms with Gasteiger partial charge < -0.3 is 11.1 Å². The number of hydrogen-bond acceptors (Lipinski definition) is 2. The van der Waals surface area contributed by atoms with Gasteiger partial charge >= 0.3 is 0 Å². The molecule has 1 rings (SSSR count). The molecule has 0 saturated carbocycles. The number of carbonyl (C=O) groups is 1. The molecule has 1 aromatic carbocycles. The predicted octanol–water partition coefficient (Wildman–Crippen LogP) is 2.90. The summed E-state index contributed by atoms with van der Waals surface area (Å²) < 4.78 is 13.6. The maximum absolute atomic E-state index is 13.2. The second kappa shape index (κ2) is 6.71. The molecule has 0 spiro atoms. The fourth-order valence-electron chi connectivity index (χ4n) is 1.39. The highest BCUT2D eigenvalue weighted by Gasteiger charge is 2.12. The van der Waals surface area contributed by atoms with Crippen molar-refractivity contribution in [3.8, 4) is 0 Å². The number of carbonyl (C=O) groups excluding carboxylic acids is 1. The Balaban J connectivity index is 2.58. The average molecular weight is 303 g/mol. The molecule has 1 atom stereocenters. The monoisotopic (exact) mass is 302 g/mol. The highest BCUT2D eigenvalue weighted by atomic mass is 79.9. The topological polar surface area (TPSA) is 55.1 Å². The Morgan fingerprint density at radius 3 is 2.88 bits per heavy atom. The molecule has 17 heavy (non-hydrogen) atoms. The Labute approximate surface area is 109 Å². The minimum Gasteiger partial charge on any atom is -0.330 e. The molecule has 0 radical (unpaired) electrons. The first-order chi connectivity index (χ1) is 8.04. The van der Waals surface area contributed by atoms with Gasteiger partial charge in [0.15, 0.2) is 0 Å². The van der Waals surface area contributed by atoms with E-state index in [1.807, 2.05) is 6.92 Å². The lowest BCUT2D eigenvalue weighted by Gasteiger charge is -2.11. The van der Waals surface area contributed by atoms with E-state index in [9.17, 15) is 9.18 Å². The number of nitrogens with two attached hydrogens (primary N) is 1. The van der Waals surface area contributed by atoms with Crippen molar-refractivity contribution in [3.63, 3.8) is 0 Å². The largest absolute Gasteiger partial charge is 0.330 e. The van der Waals surface area contributed by atoms with Gasteiger partial charge in [-0.3, -0.25) is 4.79 Å². The molecular formula is C12H16BrFN2O. The van der Waals surface area contributed by atoms with E-state index in [1.54, 1.807) is 12.1 Å². The molecule has 5 heteroatoms. The van der Waals surface area contributed by atoms with Crippen LogP contribution in [0.15, 0.2) is 22.7 Å². The van der Waals surface area contributed by atoms with Crippen LogP contribution in [0.4, 0.5) is 10.1 Å². The van der Waals surface area contributed by atoms with Crippen LogP contribution in [0.25, 0.3) is 0 Å². The Morgan fingerprint density at radius 1 is 1.59 bits per heavy atom. The van der Waals surface area contributed by atoms with Crippen LogP contribution in [-0.2, 0) is 4.79 Å². The van der Waals surface area contributed by atoms with Crippen molar-refractivity contribution in [2.45, 2.75) is 19.8 Å². The highest BCUT2D eigenvalue weighted by Crippen LogP contribution is 2.20. The second-order valence-corrected chi connectivity index (χ2v) is 4.80. The Kier molecular flexibility index (Phi) is 5.58. The van der Waals surface area contributed by atoms with Crippen molar-refractivity contribution in [1.29, 1.82) is 0 Å². The zero-order valence-electron chi connectivity index (χ0n) is 9.67. The standard InChI is InChI=1S/C12H16BrFN2O/c1-8(3-2-6-15)12(17)16-9-4-5-10(13)11(14)7-9/h4-5,7-8H,2-3,6,15H2,1H3,(H,16,17). The van der Waals surface area contributed by atoms with E-state index < -0.39 is 5.82 Å². The Morgan fingerprint density at radius 2 is 2.29 bits per heavy atom. The van der Waals surface area contributed by atoms with Crippen molar-refractivity contribution in [2.75, 3.05) is 11.9 Å². The maximum atomic E-state index is 13.2. The number of hydrogen-bond donors (Lipinski definition) is 2.